The molecule has 0 aliphatic carbocycles. The van der Waals surface area contributed by atoms with Crippen molar-refractivity contribution in [3.05, 3.63) is 35.9 Å². The van der Waals surface area contributed by atoms with Gasteiger partial charge in [-0.25, -0.2) is 0 Å². The molecule has 3 fully saturated rings. The van der Waals surface area contributed by atoms with Gasteiger partial charge < -0.3 is 24.4 Å². The molecule has 1 N–H and O–H groups in total. The van der Waals surface area contributed by atoms with E-state index in [-0.39, 0.29) is 11.7 Å². The molecule has 7 nitrogen and oxygen atoms in total. The third kappa shape index (κ3) is 4.74. The van der Waals surface area contributed by atoms with Crippen molar-refractivity contribution in [1.82, 2.24) is 15.1 Å². The lowest BCUT2D eigenvalue weighted by Gasteiger charge is -2.37. The Morgan fingerprint density at radius 1 is 1.21 bits per heavy atom. The van der Waals surface area contributed by atoms with Crippen molar-refractivity contribution in [2.24, 2.45) is 4.99 Å². The minimum absolute atomic E-state index is 0.170. The Morgan fingerprint density at radius 3 is 2.72 bits per heavy atom. The molecular weight excluding hydrogens is 368 g/mol. The van der Waals surface area contributed by atoms with Crippen molar-refractivity contribution in [2.75, 3.05) is 60.2 Å². The number of ether oxygens (including phenoxy) is 3. The summed E-state index contributed by atoms with van der Waals surface area (Å²) in [6.45, 7) is 6.80. The normalized spacial score (nSPS) is 27.7. The van der Waals surface area contributed by atoms with Crippen LogP contribution >= 0.6 is 0 Å². The number of hydrogen-bond acceptors (Lipinski definition) is 5. The van der Waals surface area contributed by atoms with E-state index in [2.05, 4.69) is 50.4 Å². The van der Waals surface area contributed by atoms with Gasteiger partial charge >= 0.3 is 0 Å². The molecule has 4 rings (SSSR count). The first-order valence-electron chi connectivity index (χ1n) is 10.7. The minimum atomic E-state index is -0.170. The standard InChI is InChI=1S/C22H34N4O3/c1-23-21(24-17-22(27-2)8-11-28-12-9-22)26-15-19-20(16-26)29-13-10-25(19)14-18-6-4-3-5-7-18/h3-7,19-20H,8-17H2,1-2H3,(H,23,24). The van der Waals surface area contributed by atoms with E-state index in [1.807, 2.05) is 7.05 Å². The summed E-state index contributed by atoms with van der Waals surface area (Å²) < 4.78 is 17.5. The number of guanidine groups is 1. The highest BCUT2D eigenvalue weighted by Gasteiger charge is 2.41. The topological polar surface area (TPSA) is 58.6 Å². The fourth-order valence-electron chi connectivity index (χ4n) is 4.71. The van der Waals surface area contributed by atoms with Crippen LogP contribution in [0.25, 0.3) is 0 Å². The van der Waals surface area contributed by atoms with Crippen molar-refractivity contribution < 1.29 is 14.2 Å². The summed E-state index contributed by atoms with van der Waals surface area (Å²) in [5.74, 6) is 0.936. The van der Waals surface area contributed by atoms with Gasteiger partial charge in [0.25, 0.3) is 0 Å². The van der Waals surface area contributed by atoms with Crippen LogP contribution in [-0.2, 0) is 20.8 Å². The molecule has 1 aromatic carbocycles. The number of likely N-dealkylation sites (tertiary alicyclic amines) is 1. The zero-order valence-electron chi connectivity index (χ0n) is 17.7. The second-order valence-corrected chi connectivity index (χ2v) is 8.24. The van der Waals surface area contributed by atoms with Crippen LogP contribution < -0.4 is 5.32 Å². The van der Waals surface area contributed by atoms with Gasteiger partial charge in [-0.05, 0) is 5.56 Å². The Balaban J connectivity index is 1.37. The molecule has 3 saturated heterocycles. The first kappa shape index (κ1) is 20.6. The van der Waals surface area contributed by atoms with Crippen LogP contribution in [0.5, 0.6) is 0 Å². The molecule has 2 atom stereocenters. The molecule has 0 amide bonds. The smallest absolute Gasteiger partial charge is 0.193 e. The molecule has 0 radical (unpaired) electrons. The summed E-state index contributed by atoms with van der Waals surface area (Å²) >= 11 is 0. The Hall–Kier alpha value is -1.67. The number of fused-ring (bicyclic) bond motifs is 1. The Morgan fingerprint density at radius 2 is 2.00 bits per heavy atom. The van der Waals surface area contributed by atoms with Gasteiger partial charge in [0.05, 0.1) is 24.4 Å². The van der Waals surface area contributed by atoms with E-state index >= 15 is 0 Å². The molecule has 3 aliphatic heterocycles. The largest absolute Gasteiger partial charge is 0.381 e. The Bertz CT molecular complexity index is 678. The molecule has 7 heteroatoms. The van der Waals surface area contributed by atoms with Crippen LogP contribution in [0.15, 0.2) is 35.3 Å². The van der Waals surface area contributed by atoms with E-state index in [0.29, 0.717) is 6.04 Å². The third-order valence-electron chi connectivity index (χ3n) is 6.56. The maximum Gasteiger partial charge on any atom is 0.193 e. The lowest BCUT2D eigenvalue weighted by Crippen LogP contribution is -2.52. The van der Waals surface area contributed by atoms with Crippen LogP contribution in [0.2, 0.25) is 0 Å². The molecule has 0 bridgehead atoms. The van der Waals surface area contributed by atoms with Gasteiger partial charge in [-0.15, -0.1) is 0 Å². The summed E-state index contributed by atoms with van der Waals surface area (Å²) in [5, 5.41) is 3.57. The van der Waals surface area contributed by atoms with Gasteiger partial charge in [0, 0.05) is 72.9 Å². The number of aliphatic imine (C=N–C) groups is 1. The third-order valence-corrected chi connectivity index (χ3v) is 6.56. The SMILES string of the molecule is CN=C(NCC1(OC)CCOCC1)N1CC2OCCN(Cc3ccccc3)C2C1. The fourth-order valence-corrected chi connectivity index (χ4v) is 4.71. The minimum Gasteiger partial charge on any atom is -0.381 e. The number of methoxy groups -OCH3 is 1. The quantitative estimate of drug-likeness (QED) is 0.593. The summed E-state index contributed by atoms with van der Waals surface area (Å²) in [6.07, 6.45) is 2.05. The van der Waals surface area contributed by atoms with Gasteiger partial charge in [-0.2, -0.15) is 0 Å². The van der Waals surface area contributed by atoms with Crippen molar-refractivity contribution in [3.8, 4) is 0 Å². The van der Waals surface area contributed by atoms with E-state index in [0.717, 1.165) is 71.3 Å². The number of rotatable bonds is 5. The number of hydrogen-bond donors (Lipinski definition) is 1. The predicted octanol–water partition coefficient (Wildman–Crippen LogP) is 1.34. The molecule has 0 aromatic heterocycles. The summed E-state index contributed by atoms with van der Waals surface area (Å²) in [4.78, 5) is 9.45. The molecule has 2 unspecified atom stereocenters. The molecule has 3 heterocycles. The molecule has 3 aliphatic rings. The van der Waals surface area contributed by atoms with Crippen LogP contribution in [-0.4, -0.2) is 93.7 Å². The average Bonchev–Trinajstić information content (AvgIpc) is 3.21. The van der Waals surface area contributed by atoms with E-state index in [4.69, 9.17) is 14.2 Å². The van der Waals surface area contributed by atoms with Gasteiger partial charge in [-0.1, -0.05) is 30.3 Å². The molecule has 160 valence electrons. The first-order valence-corrected chi connectivity index (χ1v) is 10.7. The second kappa shape index (κ2) is 9.43. The average molecular weight is 403 g/mol. The summed E-state index contributed by atoms with van der Waals surface area (Å²) in [6, 6.07) is 11.1. The Labute approximate surface area is 174 Å². The first-order chi connectivity index (χ1) is 14.2. The van der Waals surface area contributed by atoms with Gasteiger partial charge in [0.1, 0.15) is 0 Å². The predicted molar refractivity (Wildman–Crippen MR) is 113 cm³/mol. The second-order valence-electron chi connectivity index (χ2n) is 8.24. The van der Waals surface area contributed by atoms with Gasteiger partial charge in [0.2, 0.25) is 0 Å². The van der Waals surface area contributed by atoms with Crippen molar-refractivity contribution in [3.63, 3.8) is 0 Å². The van der Waals surface area contributed by atoms with Crippen molar-refractivity contribution >= 4 is 5.96 Å². The van der Waals surface area contributed by atoms with Crippen molar-refractivity contribution in [2.45, 2.75) is 37.1 Å². The van der Waals surface area contributed by atoms with E-state index in [1.54, 1.807) is 7.11 Å². The van der Waals surface area contributed by atoms with Gasteiger partial charge in [0.15, 0.2) is 5.96 Å². The molecular formula is C22H34N4O3. The highest BCUT2D eigenvalue weighted by atomic mass is 16.5. The van der Waals surface area contributed by atoms with Crippen LogP contribution in [0, 0.1) is 0 Å². The summed E-state index contributed by atoms with van der Waals surface area (Å²) in [5.41, 5.74) is 1.19. The van der Waals surface area contributed by atoms with Crippen LogP contribution in [0.1, 0.15) is 18.4 Å². The zero-order chi connectivity index (χ0) is 20.1. The number of nitrogens with one attached hydrogen (secondary N) is 1. The molecule has 0 spiro atoms. The van der Waals surface area contributed by atoms with E-state index in [9.17, 15) is 0 Å². The number of benzene rings is 1. The lowest BCUT2D eigenvalue weighted by atomic mass is 9.94. The Kier molecular flexibility index (Phi) is 6.70. The maximum absolute atomic E-state index is 6.12. The number of nitrogens with zero attached hydrogens (tertiary/aromatic N) is 3. The lowest BCUT2D eigenvalue weighted by molar-refractivity contribution is -0.0857. The van der Waals surface area contributed by atoms with Crippen LogP contribution in [0.4, 0.5) is 0 Å². The van der Waals surface area contributed by atoms with Crippen molar-refractivity contribution in [1.29, 1.82) is 0 Å². The molecule has 29 heavy (non-hydrogen) atoms. The number of morpholine rings is 1. The zero-order valence-corrected chi connectivity index (χ0v) is 17.7. The van der Waals surface area contributed by atoms with E-state index in [1.165, 1.54) is 5.56 Å². The maximum atomic E-state index is 6.12. The molecule has 1 aromatic rings. The molecule has 0 saturated carbocycles. The fraction of sp³-hybridized carbons (Fsp3) is 0.682. The van der Waals surface area contributed by atoms with Gasteiger partial charge in [-0.3, -0.25) is 9.89 Å². The highest BCUT2D eigenvalue weighted by Crippen LogP contribution is 2.26. The summed E-state index contributed by atoms with van der Waals surface area (Å²) in [7, 11) is 3.66. The van der Waals surface area contributed by atoms with E-state index < -0.39 is 0 Å². The van der Waals surface area contributed by atoms with Crippen LogP contribution in [0.3, 0.4) is 0 Å². The monoisotopic (exact) mass is 402 g/mol. The highest BCUT2D eigenvalue weighted by molar-refractivity contribution is 5.80.